The standard InChI is InChI=1S/C27H26N4O6S/c1-3-20-23(26(33)36-2)24(17-7-5-4-6-8-17)30-25(32)22(38-27(30)28-20)16-18-15-19(9-10-21(18)31(34)35)29-11-13-37-14-12-29/h4-10,15-16,24H,3,11-14H2,1-2H3/b22-16-/t24-/m0/s1. The minimum atomic E-state index is -0.730. The molecule has 196 valence electrons. The van der Waals surface area contributed by atoms with Gasteiger partial charge in [-0.2, -0.15) is 0 Å². The van der Waals surface area contributed by atoms with Gasteiger partial charge in [0.15, 0.2) is 4.80 Å². The van der Waals surface area contributed by atoms with E-state index >= 15 is 0 Å². The number of thiazole rings is 1. The Hall–Kier alpha value is -4.09. The minimum Gasteiger partial charge on any atom is -0.466 e. The van der Waals surface area contributed by atoms with Crippen LogP contribution in [0.3, 0.4) is 0 Å². The third-order valence-corrected chi connectivity index (χ3v) is 7.62. The Balaban J connectivity index is 1.71. The number of fused-ring (bicyclic) bond motifs is 1. The van der Waals surface area contributed by atoms with Crippen LogP contribution in [0.4, 0.5) is 11.4 Å². The third-order valence-electron chi connectivity index (χ3n) is 6.64. The second-order valence-electron chi connectivity index (χ2n) is 8.80. The average Bonchev–Trinajstić information content (AvgIpc) is 3.26. The lowest BCUT2D eigenvalue weighted by molar-refractivity contribution is -0.385. The number of ether oxygens (including phenoxy) is 2. The van der Waals surface area contributed by atoms with E-state index in [1.54, 1.807) is 18.2 Å². The fraction of sp³-hybridized carbons (Fsp3) is 0.296. The van der Waals surface area contributed by atoms with E-state index in [4.69, 9.17) is 9.47 Å². The summed E-state index contributed by atoms with van der Waals surface area (Å²) in [4.78, 5) is 45.3. The Morgan fingerprint density at radius 2 is 1.97 bits per heavy atom. The molecule has 0 amide bonds. The minimum absolute atomic E-state index is 0.100. The molecule has 3 aromatic rings. The number of morpholine rings is 1. The van der Waals surface area contributed by atoms with E-state index in [9.17, 15) is 19.7 Å². The molecule has 2 aromatic carbocycles. The van der Waals surface area contributed by atoms with Crippen molar-refractivity contribution in [2.45, 2.75) is 19.4 Å². The molecule has 1 atom stereocenters. The largest absolute Gasteiger partial charge is 0.466 e. The lowest BCUT2D eigenvalue weighted by atomic mass is 9.95. The lowest BCUT2D eigenvalue weighted by Gasteiger charge is -2.29. The molecule has 1 aromatic heterocycles. The van der Waals surface area contributed by atoms with E-state index < -0.39 is 16.9 Å². The Morgan fingerprint density at radius 3 is 2.63 bits per heavy atom. The third kappa shape index (κ3) is 4.66. The van der Waals surface area contributed by atoms with Gasteiger partial charge in [-0.25, -0.2) is 9.79 Å². The SMILES string of the molecule is CCC1=C(C(=O)OC)[C@H](c2ccccc2)n2c(s/c(=C\c3cc(N4CCOCC4)ccc3[N+](=O)[O-])c2=O)=N1. The number of rotatable bonds is 6. The van der Waals surface area contributed by atoms with Gasteiger partial charge in [0.05, 0.1) is 52.7 Å². The smallest absolute Gasteiger partial charge is 0.338 e. The first-order valence-electron chi connectivity index (χ1n) is 12.2. The molecule has 11 heteroatoms. The summed E-state index contributed by atoms with van der Waals surface area (Å²) in [6.07, 6.45) is 2.01. The highest BCUT2D eigenvalue weighted by Gasteiger charge is 2.33. The van der Waals surface area contributed by atoms with E-state index in [0.29, 0.717) is 54.4 Å². The lowest BCUT2D eigenvalue weighted by Crippen LogP contribution is -2.40. The van der Waals surface area contributed by atoms with Crippen molar-refractivity contribution in [1.82, 2.24) is 4.57 Å². The zero-order valence-electron chi connectivity index (χ0n) is 21.0. The van der Waals surface area contributed by atoms with Gasteiger partial charge in [-0.1, -0.05) is 48.6 Å². The van der Waals surface area contributed by atoms with Crippen molar-refractivity contribution in [1.29, 1.82) is 0 Å². The number of carbonyl (C=O) groups is 1. The van der Waals surface area contributed by atoms with Crippen LogP contribution in [0.5, 0.6) is 0 Å². The summed E-state index contributed by atoms with van der Waals surface area (Å²) in [6.45, 7) is 4.39. The second-order valence-corrected chi connectivity index (χ2v) is 9.81. The molecular formula is C27H26N4O6S. The molecule has 5 rings (SSSR count). The predicted octanol–water partition coefficient (Wildman–Crippen LogP) is 2.54. The summed E-state index contributed by atoms with van der Waals surface area (Å²) in [5.41, 5.74) is 2.24. The Kier molecular flexibility index (Phi) is 7.21. The van der Waals surface area contributed by atoms with Gasteiger partial charge in [0.2, 0.25) is 0 Å². The molecule has 1 saturated heterocycles. The highest BCUT2D eigenvalue weighted by molar-refractivity contribution is 7.07. The summed E-state index contributed by atoms with van der Waals surface area (Å²) in [5.74, 6) is -0.553. The first kappa shape index (κ1) is 25.6. The number of aromatic nitrogens is 1. The van der Waals surface area contributed by atoms with Crippen molar-refractivity contribution in [3.8, 4) is 0 Å². The molecule has 1 fully saturated rings. The zero-order chi connectivity index (χ0) is 26.8. The zero-order valence-corrected chi connectivity index (χ0v) is 21.8. The van der Waals surface area contributed by atoms with Gasteiger partial charge in [-0.15, -0.1) is 0 Å². The van der Waals surface area contributed by atoms with E-state index in [1.165, 1.54) is 17.7 Å². The van der Waals surface area contributed by atoms with Crippen LogP contribution in [-0.4, -0.2) is 48.9 Å². The van der Waals surface area contributed by atoms with Crippen LogP contribution in [0.15, 0.2) is 69.6 Å². The normalized spacial score (nSPS) is 17.7. The number of nitrogens with zero attached hydrogens (tertiary/aromatic N) is 4. The first-order chi connectivity index (χ1) is 18.4. The van der Waals surface area contributed by atoms with Crippen LogP contribution in [0.2, 0.25) is 0 Å². The monoisotopic (exact) mass is 534 g/mol. The Bertz CT molecular complexity index is 1600. The van der Waals surface area contributed by atoms with Crippen molar-refractivity contribution in [3.63, 3.8) is 0 Å². The number of allylic oxidation sites excluding steroid dienone is 1. The number of carbonyl (C=O) groups excluding carboxylic acids is 1. The number of benzene rings is 2. The molecule has 0 N–H and O–H groups in total. The molecular weight excluding hydrogens is 508 g/mol. The van der Waals surface area contributed by atoms with E-state index in [0.717, 1.165) is 22.6 Å². The van der Waals surface area contributed by atoms with Crippen molar-refractivity contribution in [3.05, 3.63) is 101 Å². The van der Waals surface area contributed by atoms with E-state index in [2.05, 4.69) is 9.89 Å². The highest BCUT2D eigenvalue weighted by atomic mass is 32.1. The maximum absolute atomic E-state index is 13.8. The maximum Gasteiger partial charge on any atom is 0.338 e. The Labute approximate surface area is 221 Å². The quantitative estimate of drug-likeness (QED) is 0.271. The van der Waals surface area contributed by atoms with Gasteiger partial charge in [-0.05, 0) is 30.2 Å². The summed E-state index contributed by atoms with van der Waals surface area (Å²) >= 11 is 1.14. The molecule has 10 nitrogen and oxygen atoms in total. The van der Waals surface area contributed by atoms with Crippen molar-refractivity contribution in [2.24, 2.45) is 4.99 Å². The van der Waals surface area contributed by atoms with Crippen molar-refractivity contribution in [2.75, 3.05) is 38.3 Å². The number of nitro benzene ring substituents is 1. The molecule has 3 heterocycles. The van der Waals surface area contributed by atoms with E-state index in [-0.39, 0.29) is 15.8 Å². The van der Waals surface area contributed by atoms with Gasteiger partial charge in [0.25, 0.3) is 11.2 Å². The summed E-state index contributed by atoms with van der Waals surface area (Å²) < 4.78 is 12.3. The molecule has 38 heavy (non-hydrogen) atoms. The maximum atomic E-state index is 13.8. The molecule has 0 radical (unpaired) electrons. The molecule has 0 aliphatic carbocycles. The highest BCUT2D eigenvalue weighted by Crippen LogP contribution is 2.32. The van der Waals surface area contributed by atoms with Gasteiger partial charge < -0.3 is 14.4 Å². The summed E-state index contributed by atoms with van der Waals surface area (Å²) in [7, 11) is 1.30. The number of hydrogen-bond donors (Lipinski definition) is 0. The fourth-order valence-electron chi connectivity index (χ4n) is 4.80. The van der Waals surface area contributed by atoms with Gasteiger partial charge in [-0.3, -0.25) is 19.5 Å². The van der Waals surface area contributed by atoms with Gasteiger partial charge in [0.1, 0.15) is 0 Å². The predicted molar refractivity (Wildman–Crippen MR) is 143 cm³/mol. The first-order valence-corrected chi connectivity index (χ1v) is 13.0. The molecule has 0 bridgehead atoms. The van der Waals surface area contributed by atoms with Crippen LogP contribution in [0.1, 0.15) is 30.5 Å². The van der Waals surface area contributed by atoms with E-state index in [1.807, 2.05) is 37.3 Å². The number of esters is 1. The number of hydrogen-bond acceptors (Lipinski definition) is 9. The van der Waals surface area contributed by atoms with Gasteiger partial charge >= 0.3 is 5.97 Å². The van der Waals surface area contributed by atoms with Crippen LogP contribution >= 0.6 is 11.3 Å². The average molecular weight is 535 g/mol. The molecule has 2 aliphatic heterocycles. The summed E-state index contributed by atoms with van der Waals surface area (Å²) in [6, 6.07) is 13.4. The second kappa shape index (κ2) is 10.7. The molecule has 0 spiro atoms. The Morgan fingerprint density at radius 1 is 1.24 bits per heavy atom. The molecule has 0 unspecified atom stereocenters. The van der Waals surface area contributed by atoms with Crippen LogP contribution < -0.4 is 19.8 Å². The number of methoxy groups -OCH3 is 1. The number of anilines is 1. The van der Waals surface area contributed by atoms with Crippen LogP contribution in [0.25, 0.3) is 6.08 Å². The molecule has 0 saturated carbocycles. The van der Waals surface area contributed by atoms with Crippen LogP contribution in [0, 0.1) is 10.1 Å². The topological polar surface area (TPSA) is 116 Å². The number of nitro groups is 1. The van der Waals surface area contributed by atoms with Crippen molar-refractivity contribution < 1.29 is 19.2 Å². The van der Waals surface area contributed by atoms with Crippen LogP contribution in [-0.2, 0) is 14.3 Å². The fourth-order valence-corrected chi connectivity index (χ4v) is 5.81. The summed E-state index contributed by atoms with van der Waals surface area (Å²) in [5, 5.41) is 11.8. The molecule has 2 aliphatic rings. The van der Waals surface area contributed by atoms with Crippen molar-refractivity contribution >= 4 is 34.8 Å². The van der Waals surface area contributed by atoms with Gasteiger partial charge in [0, 0.05) is 24.8 Å².